The molecule has 3 aromatic carbocycles. The summed E-state index contributed by atoms with van der Waals surface area (Å²) in [5, 5.41) is 0. The van der Waals surface area contributed by atoms with Crippen molar-refractivity contribution in [2.45, 2.75) is 39.7 Å². The number of hydrogen-bond acceptors (Lipinski definition) is 5. The van der Waals surface area contributed by atoms with Crippen molar-refractivity contribution >= 4 is 23.9 Å². The van der Waals surface area contributed by atoms with Crippen LogP contribution in [-0.4, -0.2) is 71.8 Å². The number of allylic oxidation sites excluding steroid dienone is 1. The van der Waals surface area contributed by atoms with E-state index in [-0.39, 0.29) is 37.3 Å². The second kappa shape index (κ2) is 14.3. The normalized spacial score (nSPS) is 17.8. The fraction of sp³-hybridized carbons (Fsp3) is 0.324. The molecule has 1 fully saturated rings. The highest BCUT2D eigenvalue weighted by atomic mass is 16.5. The molecule has 0 aliphatic carbocycles. The van der Waals surface area contributed by atoms with E-state index in [1.807, 2.05) is 85.5 Å². The van der Waals surface area contributed by atoms with Crippen LogP contribution in [0.4, 0.5) is 0 Å². The van der Waals surface area contributed by atoms with Crippen LogP contribution in [-0.2, 0) is 20.9 Å². The van der Waals surface area contributed by atoms with E-state index in [2.05, 4.69) is 29.2 Å². The minimum atomic E-state index is -0.394. The van der Waals surface area contributed by atoms with Gasteiger partial charge in [0.25, 0.3) is 5.91 Å². The third-order valence-electron chi connectivity index (χ3n) is 8.53. The van der Waals surface area contributed by atoms with Gasteiger partial charge in [0.1, 0.15) is 0 Å². The van der Waals surface area contributed by atoms with Crippen LogP contribution < -0.4 is 0 Å². The number of benzene rings is 3. The molecule has 5 rings (SSSR count). The van der Waals surface area contributed by atoms with Crippen LogP contribution in [0.3, 0.4) is 0 Å². The summed E-state index contributed by atoms with van der Waals surface area (Å²) in [6.07, 6.45) is 4.48. The number of hydrogen-bond donors (Lipinski definition) is 0. The maximum absolute atomic E-state index is 13.5. The van der Waals surface area contributed by atoms with E-state index >= 15 is 0 Å². The predicted molar refractivity (Wildman–Crippen MR) is 173 cm³/mol. The monoisotopic (exact) mass is 591 g/mol. The van der Waals surface area contributed by atoms with Crippen molar-refractivity contribution in [3.05, 3.63) is 124 Å². The number of carbonyl (C=O) groups excluding carboxylic acids is 3. The third-order valence-corrected chi connectivity index (χ3v) is 8.53. The molecule has 44 heavy (non-hydrogen) atoms. The van der Waals surface area contributed by atoms with Crippen LogP contribution in [0.2, 0.25) is 0 Å². The Morgan fingerprint density at radius 1 is 0.909 bits per heavy atom. The molecule has 0 radical (unpaired) electrons. The molecule has 3 aromatic rings. The maximum atomic E-state index is 13.5. The lowest BCUT2D eigenvalue weighted by Gasteiger charge is -2.35. The Balaban J connectivity index is 1.27. The van der Waals surface area contributed by atoms with Gasteiger partial charge < -0.3 is 14.5 Å². The minimum absolute atomic E-state index is 0.00427. The van der Waals surface area contributed by atoms with Gasteiger partial charge >= 0.3 is 5.97 Å². The molecule has 2 heterocycles. The number of aryl methyl sites for hydroxylation is 1. The van der Waals surface area contributed by atoms with Gasteiger partial charge in [-0.05, 0) is 55.2 Å². The Hall–Kier alpha value is -4.49. The molecule has 1 saturated heterocycles. The van der Waals surface area contributed by atoms with E-state index in [4.69, 9.17) is 4.74 Å². The quantitative estimate of drug-likeness (QED) is 0.294. The second-order valence-electron chi connectivity index (χ2n) is 11.4. The average Bonchev–Trinajstić information content (AvgIpc) is 3.04. The Morgan fingerprint density at radius 2 is 1.64 bits per heavy atom. The summed E-state index contributed by atoms with van der Waals surface area (Å²) in [5.74, 6) is -0.817. The minimum Gasteiger partial charge on any atom is -0.463 e. The van der Waals surface area contributed by atoms with Crippen molar-refractivity contribution in [1.29, 1.82) is 0 Å². The van der Waals surface area contributed by atoms with Crippen molar-refractivity contribution in [2.75, 3.05) is 39.3 Å². The molecule has 1 atom stereocenters. The third kappa shape index (κ3) is 7.17. The van der Waals surface area contributed by atoms with Gasteiger partial charge in [0.15, 0.2) is 0 Å². The fourth-order valence-corrected chi connectivity index (χ4v) is 6.12. The standard InChI is InChI=1S/C37H41N3O4/c1-4-44-37(43)35-28(3)40(34(41)25-33(35)32-18-9-8-12-27(32)2)26-30-15-10-17-31(24-30)36(42)39-22-20-38(21-23-39)19-11-16-29-13-6-5-7-14-29/h5-18,24,33H,4,19-23,25-26H2,1-3H3/b16-11+/t33-/m0/s1. The summed E-state index contributed by atoms with van der Waals surface area (Å²) >= 11 is 0. The first-order valence-electron chi connectivity index (χ1n) is 15.4. The average molecular weight is 592 g/mol. The van der Waals surface area contributed by atoms with Crippen LogP contribution in [0.5, 0.6) is 0 Å². The lowest BCUT2D eigenvalue weighted by molar-refractivity contribution is -0.140. The van der Waals surface area contributed by atoms with Gasteiger partial charge in [0.05, 0.1) is 18.7 Å². The number of carbonyl (C=O) groups is 3. The summed E-state index contributed by atoms with van der Waals surface area (Å²) in [6.45, 7) is 9.94. The lowest BCUT2D eigenvalue weighted by Crippen LogP contribution is -2.48. The summed E-state index contributed by atoms with van der Waals surface area (Å²) in [5.41, 5.74) is 5.74. The van der Waals surface area contributed by atoms with E-state index < -0.39 is 5.97 Å². The van der Waals surface area contributed by atoms with Crippen molar-refractivity contribution in [3.63, 3.8) is 0 Å². The first kappa shape index (κ1) is 31.0. The van der Waals surface area contributed by atoms with Crippen molar-refractivity contribution < 1.29 is 19.1 Å². The molecule has 0 bridgehead atoms. The zero-order valence-corrected chi connectivity index (χ0v) is 25.9. The number of amides is 2. The molecule has 228 valence electrons. The van der Waals surface area contributed by atoms with Gasteiger partial charge in [-0.1, -0.05) is 78.9 Å². The van der Waals surface area contributed by atoms with E-state index in [9.17, 15) is 14.4 Å². The molecule has 2 aliphatic rings. The molecule has 0 N–H and O–H groups in total. The van der Waals surface area contributed by atoms with Gasteiger partial charge in [-0.25, -0.2) is 4.79 Å². The van der Waals surface area contributed by atoms with E-state index in [1.165, 1.54) is 5.56 Å². The van der Waals surface area contributed by atoms with Crippen LogP contribution in [0.15, 0.2) is 96.2 Å². The van der Waals surface area contributed by atoms with Gasteiger partial charge in [0.2, 0.25) is 5.91 Å². The number of ether oxygens (including phenoxy) is 1. The van der Waals surface area contributed by atoms with Gasteiger partial charge in [-0.2, -0.15) is 0 Å². The lowest BCUT2D eigenvalue weighted by atomic mass is 9.81. The van der Waals surface area contributed by atoms with Gasteiger partial charge in [-0.3, -0.25) is 14.5 Å². The highest BCUT2D eigenvalue weighted by Crippen LogP contribution is 2.39. The molecule has 2 amide bonds. The molecule has 7 heteroatoms. The summed E-state index contributed by atoms with van der Waals surface area (Å²) in [6, 6.07) is 25.6. The maximum Gasteiger partial charge on any atom is 0.336 e. The van der Waals surface area contributed by atoms with Crippen molar-refractivity contribution in [1.82, 2.24) is 14.7 Å². The number of piperazine rings is 1. The topological polar surface area (TPSA) is 70.2 Å². The van der Waals surface area contributed by atoms with E-state index in [0.29, 0.717) is 29.9 Å². The molecule has 0 unspecified atom stereocenters. The Morgan fingerprint density at radius 3 is 2.36 bits per heavy atom. The van der Waals surface area contributed by atoms with E-state index in [1.54, 1.807) is 11.8 Å². The SMILES string of the molecule is CCOC(=O)C1=C(C)N(Cc2cccc(C(=O)N3CCN(C/C=C/c4ccccc4)CC3)c2)C(=O)C[C@H]1c1ccccc1C. The van der Waals surface area contributed by atoms with Gasteiger partial charge in [-0.15, -0.1) is 0 Å². The van der Waals surface area contributed by atoms with Crippen LogP contribution >= 0.6 is 0 Å². The Kier molecular flexibility index (Phi) is 10.1. The van der Waals surface area contributed by atoms with Crippen LogP contribution in [0.25, 0.3) is 6.08 Å². The molecular weight excluding hydrogens is 550 g/mol. The summed E-state index contributed by atoms with van der Waals surface area (Å²) in [7, 11) is 0. The van der Waals surface area contributed by atoms with Crippen molar-refractivity contribution in [3.8, 4) is 0 Å². The predicted octanol–water partition coefficient (Wildman–Crippen LogP) is 5.82. The highest BCUT2D eigenvalue weighted by Gasteiger charge is 2.37. The smallest absolute Gasteiger partial charge is 0.336 e. The summed E-state index contributed by atoms with van der Waals surface area (Å²) < 4.78 is 5.45. The number of rotatable bonds is 9. The molecule has 7 nitrogen and oxygen atoms in total. The summed E-state index contributed by atoms with van der Waals surface area (Å²) in [4.78, 5) is 46.1. The highest BCUT2D eigenvalue weighted by molar-refractivity contribution is 5.96. The first-order chi connectivity index (χ1) is 21.4. The molecule has 2 aliphatic heterocycles. The van der Waals surface area contributed by atoms with E-state index in [0.717, 1.165) is 36.3 Å². The zero-order chi connectivity index (χ0) is 31.1. The fourth-order valence-electron chi connectivity index (χ4n) is 6.12. The van der Waals surface area contributed by atoms with Crippen LogP contribution in [0, 0.1) is 6.92 Å². The Labute approximate surface area is 260 Å². The second-order valence-corrected chi connectivity index (χ2v) is 11.4. The Bertz CT molecular complexity index is 1550. The largest absolute Gasteiger partial charge is 0.463 e. The van der Waals surface area contributed by atoms with Crippen molar-refractivity contribution in [2.24, 2.45) is 0 Å². The van der Waals surface area contributed by atoms with Gasteiger partial charge in [0, 0.05) is 56.3 Å². The number of nitrogens with zero attached hydrogens (tertiary/aromatic N) is 3. The van der Waals surface area contributed by atoms with Crippen LogP contribution in [0.1, 0.15) is 58.8 Å². The first-order valence-corrected chi connectivity index (χ1v) is 15.4. The molecule has 0 spiro atoms. The molecule has 0 aromatic heterocycles. The zero-order valence-electron chi connectivity index (χ0n) is 25.9. The molecular formula is C37H41N3O4. The molecule has 0 saturated carbocycles. The number of esters is 1.